The van der Waals surface area contributed by atoms with E-state index in [9.17, 15) is 13.5 Å². The summed E-state index contributed by atoms with van der Waals surface area (Å²) in [5, 5.41) is 14.8. The maximum absolute atomic E-state index is 11.0. The van der Waals surface area contributed by atoms with Crippen molar-refractivity contribution in [3.05, 3.63) is 29.8 Å². The van der Waals surface area contributed by atoms with E-state index in [1.807, 2.05) is 13.8 Å². The van der Waals surface area contributed by atoms with Gasteiger partial charge in [-0.2, -0.15) is 0 Å². The quantitative estimate of drug-likeness (QED) is 0.834. The van der Waals surface area contributed by atoms with Crippen LogP contribution in [0.25, 0.3) is 0 Å². The van der Waals surface area contributed by atoms with Crippen molar-refractivity contribution in [3.63, 3.8) is 0 Å². The lowest BCUT2D eigenvalue weighted by molar-refractivity contribution is 0.149. The Balaban J connectivity index is 2.69. The van der Waals surface area contributed by atoms with Gasteiger partial charge in [0, 0.05) is 0 Å². The van der Waals surface area contributed by atoms with Crippen LogP contribution in [0.4, 0.5) is 0 Å². The van der Waals surface area contributed by atoms with Crippen molar-refractivity contribution in [1.82, 2.24) is 0 Å². The monoisotopic (exact) mass is 257 g/mol. The van der Waals surface area contributed by atoms with E-state index >= 15 is 0 Å². The molecule has 0 heterocycles. The van der Waals surface area contributed by atoms with Crippen molar-refractivity contribution in [2.75, 3.05) is 0 Å². The first kappa shape index (κ1) is 14.2. The highest BCUT2D eigenvalue weighted by Crippen LogP contribution is 2.13. The number of benzene rings is 1. The molecule has 0 radical (unpaired) electrons. The predicted molar refractivity (Wildman–Crippen MR) is 67.0 cm³/mol. The van der Waals surface area contributed by atoms with Gasteiger partial charge >= 0.3 is 0 Å². The first-order valence-corrected chi connectivity index (χ1v) is 7.13. The minimum atomic E-state index is -3.63. The molecule has 0 amide bonds. The normalized spacial score (nSPS) is 13.9. The van der Waals surface area contributed by atoms with Crippen LogP contribution in [0, 0.1) is 5.92 Å². The van der Waals surface area contributed by atoms with Crippen LogP contribution in [-0.2, 0) is 16.4 Å². The third-order valence-electron chi connectivity index (χ3n) is 2.47. The van der Waals surface area contributed by atoms with Gasteiger partial charge in [0.1, 0.15) is 0 Å². The summed E-state index contributed by atoms with van der Waals surface area (Å²) in [6.07, 6.45) is 0.871. The molecule has 4 nitrogen and oxygen atoms in total. The van der Waals surface area contributed by atoms with Crippen molar-refractivity contribution in [2.24, 2.45) is 11.1 Å². The van der Waals surface area contributed by atoms with E-state index in [1.54, 1.807) is 12.1 Å². The zero-order valence-corrected chi connectivity index (χ0v) is 10.9. The second-order valence-corrected chi connectivity index (χ2v) is 6.24. The predicted octanol–water partition coefficient (Wildman–Crippen LogP) is 1.28. The van der Waals surface area contributed by atoms with E-state index < -0.39 is 16.1 Å². The van der Waals surface area contributed by atoms with E-state index in [0.29, 0.717) is 12.3 Å². The third kappa shape index (κ3) is 4.85. The fraction of sp³-hybridized carbons (Fsp3) is 0.500. The molecule has 0 aliphatic heterocycles. The molecule has 0 spiro atoms. The summed E-state index contributed by atoms with van der Waals surface area (Å²) in [5.41, 5.74) is 0.908. The largest absolute Gasteiger partial charge is 0.393 e. The number of sulfonamides is 1. The van der Waals surface area contributed by atoms with Crippen LogP contribution in [0.2, 0.25) is 0 Å². The van der Waals surface area contributed by atoms with Crippen LogP contribution in [0.15, 0.2) is 29.2 Å². The standard InChI is InChI=1S/C12H19NO3S/c1-9(2)7-11(14)8-10-3-5-12(6-4-10)17(13,15)16/h3-6,9,11,14H,7-8H2,1-2H3,(H2,13,15,16). The van der Waals surface area contributed by atoms with Crippen molar-refractivity contribution in [2.45, 2.75) is 37.7 Å². The van der Waals surface area contributed by atoms with Gasteiger partial charge < -0.3 is 5.11 Å². The SMILES string of the molecule is CC(C)CC(O)Cc1ccc(S(N)(=O)=O)cc1. The molecule has 5 heteroatoms. The summed E-state index contributed by atoms with van der Waals surface area (Å²) in [5.74, 6) is 0.439. The maximum Gasteiger partial charge on any atom is 0.238 e. The summed E-state index contributed by atoms with van der Waals surface area (Å²) < 4.78 is 22.1. The summed E-state index contributed by atoms with van der Waals surface area (Å²) in [4.78, 5) is 0.0969. The molecule has 1 rings (SSSR count). The first-order valence-electron chi connectivity index (χ1n) is 5.59. The molecule has 0 fully saturated rings. The fourth-order valence-electron chi connectivity index (χ4n) is 1.71. The molecule has 0 saturated heterocycles. The van der Waals surface area contributed by atoms with Crippen molar-refractivity contribution in [3.8, 4) is 0 Å². The first-order chi connectivity index (χ1) is 7.79. The number of aliphatic hydroxyl groups is 1. The summed E-state index contributed by atoms with van der Waals surface area (Å²) >= 11 is 0. The molecule has 96 valence electrons. The van der Waals surface area contributed by atoms with Crippen molar-refractivity contribution >= 4 is 10.0 Å². The number of nitrogens with two attached hydrogens (primary N) is 1. The molecule has 3 N–H and O–H groups in total. The molecule has 0 bridgehead atoms. The van der Waals surface area contributed by atoms with Crippen LogP contribution in [-0.4, -0.2) is 19.6 Å². The minimum absolute atomic E-state index is 0.0969. The third-order valence-corrected chi connectivity index (χ3v) is 3.40. The van der Waals surface area contributed by atoms with Crippen LogP contribution in [0.3, 0.4) is 0 Å². The van der Waals surface area contributed by atoms with Gasteiger partial charge in [0.25, 0.3) is 0 Å². The Morgan fingerprint density at radius 2 is 1.76 bits per heavy atom. The molecule has 1 aromatic rings. The lowest BCUT2D eigenvalue weighted by atomic mass is 10.00. The van der Waals surface area contributed by atoms with Gasteiger partial charge in [-0.25, -0.2) is 13.6 Å². The Kier molecular flexibility index (Phi) is 4.68. The number of aliphatic hydroxyl groups excluding tert-OH is 1. The van der Waals surface area contributed by atoms with Crippen LogP contribution >= 0.6 is 0 Å². The topological polar surface area (TPSA) is 80.4 Å². The number of rotatable bonds is 5. The molecular formula is C12H19NO3S. The van der Waals surface area contributed by atoms with Crippen LogP contribution in [0.1, 0.15) is 25.8 Å². The van der Waals surface area contributed by atoms with Gasteiger partial charge in [-0.05, 0) is 36.5 Å². The highest BCUT2D eigenvalue weighted by molar-refractivity contribution is 7.89. The average Bonchev–Trinajstić information content (AvgIpc) is 2.15. The zero-order valence-electron chi connectivity index (χ0n) is 10.1. The number of hydrogen-bond acceptors (Lipinski definition) is 3. The molecule has 1 atom stereocenters. The van der Waals surface area contributed by atoms with Gasteiger partial charge in [0.05, 0.1) is 11.0 Å². The van der Waals surface area contributed by atoms with E-state index in [0.717, 1.165) is 12.0 Å². The number of hydrogen-bond donors (Lipinski definition) is 2. The van der Waals surface area contributed by atoms with Crippen molar-refractivity contribution < 1.29 is 13.5 Å². The minimum Gasteiger partial charge on any atom is -0.393 e. The summed E-state index contributed by atoms with van der Waals surface area (Å²) in [6.45, 7) is 4.10. The Morgan fingerprint density at radius 1 is 1.24 bits per heavy atom. The number of primary sulfonamides is 1. The van der Waals surface area contributed by atoms with E-state index in [1.165, 1.54) is 12.1 Å². The van der Waals surface area contributed by atoms with Gasteiger partial charge in [0.15, 0.2) is 0 Å². The van der Waals surface area contributed by atoms with Gasteiger partial charge in [-0.3, -0.25) is 0 Å². The molecule has 0 aliphatic carbocycles. The molecule has 1 unspecified atom stereocenters. The maximum atomic E-state index is 11.0. The Labute approximate surface area is 103 Å². The lowest BCUT2D eigenvalue weighted by Gasteiger charge is -2.13. The van der Waals surface area contributed by atoms with E-state index in [4.69, 9.17) is 5.14 Å². The second kappa shape index (κ2) is 5.62. The van der Waals surface area contributed by atoms with Crippen LogP contribution < -0.4 is 5.14 Å². The molecule has 17 heavy (non-hydrogen) atoms. The Morgan fingerprint density at radius 3 is 2.18 bits per heavy atom. The lowest BCUT2D eigenvalue weighted by Crippen LogP contribution is -2.14. The summed E-state index contributed by atoms with van der Waals surface area (Å²) in [7, 11) is -3.63. The Hall–Kier alpha value is -0.910. The van der Waals surface area contributed by atoms with Gasteiger partial charge in [0.2, 0.25) is 10.0 Å². The van der Waals surface area contributed by atoms with Gasteiger partial charge in [-0.15, -0.1) is 0 Å². The van der Waals surface area contributed by atoms with E-state index in [-0.39, 0.29) is 4.90 Å². The molecular weight excluding hydrogens is 238 g/mol. The van der Waals surface area contributed by atoms with Crippen LogP contribution in [0.5, 0.6) is 0 Å². The Bertz CT molecular complexity index is 451. The van der Waals surface area contributed by atoms with E-state index in [2.05, 4.69) is 0 Å². The smallest absolute Gasteiger partial charge is 0.238 e. The second-order valence-electron chi connectivity index (χ2n) is 4.68. The summed E-state index contributed by atoms with van der Waals surface area (Å²) in [6, 6.07) is 6.30. The average molecular weight is 257 g/mol. The fourth-order valence-corrected chi connectivity index (χ4v) is 2.23. The highest BCUT2D eigenvalue weighted by Gasteiger charge is 2.10. The highest BCUT2D eigenvalue weighted by atomic mass is 32.2. The molecule has 0 saturated carbocycles. The molecule has 1 aromatic carbocycles. The molecule has 0 aromatic heterocycles. The zero-order chi connectivity index (χ0) is 13.1. The molecule has 0 aliphatic rings. The van der Waals surface area contributed by atoms with Gasteiger partial charge in [-0.1, -0.05) is 26.0 Å². The van der Waals surface area contributed by atoms with Crippen molar-refractivity contribution in [1.29, 1.82) is 0 Å².